The summed E-state index contributed by atoms with van der Waals surface area (Å²) in [5, 5.41) is 12.3. The minimum absolute atomic E-state index is 0.174. The average Bonchev–Trinajstić information content (AvgIpc) is 2.91. The van der Waals surface area contributed by atoms with Gasteiger partial charge in [0.05, 0.1) is 19.8 Å². The molecule has 2 aliphatic heterocycles. The number of rotatable bonds is 8. The second-order valence-electron chi connectivity index (χ2n) is 8.55. The summed E-state index contributed by atoms with van der Waals surface area (Å²) in [4.78, 5) is 11.9. The first-order valence-electron chi connectivity index (χ1n) is 11.6. The quantitative estimate of drug-likeness (QED) is 0.354. The van der Waals surface area contributed by atoms with E-state index in [1.54, 1.807) is 0 Å². The second-order valence-corrected chi connectivity index (χ2v) is 8.55. The van der Waals surface area contributed by atoms with Crippen molar-refractivity contribution in [2.75, 3.05) is 6.61 Å². The molecule has 0 aliphatic carbocycles. The number of hydrogen-bond acceptors (Lipinski definition) is 7. The molecule has 3 aromatic rings. The molecule has 35 heavy (non-hydrogen) atoms. The first-order valence-corrected chi connectivity index (χ1v) is 11.6. The fourth-order valence-corrected chi connectivity index (χ4v) is 4.41. The summed E-state index contributed by atoms with van der Waals surface area (Å²) in [6, 6.07) is 27.2. The zero-order valence-corrected chi connectivity index (χ0v) is 19.1. The van der Waals surface area contributed by atoms with E-state index in [2.05, 4.69) is 0 Å². The van der Waals surface area contributed by atoms with Gasteiger partial charge in [0.1, 0.15) is 12.2 Å². The van der Waals surface area contributed by atoms with E-state index in [9.17, 15) is 10.1 Å². The number of nitro groups is 1. The summed E-state index contributed by atoms with van der Waals surface area (Å²) < 4.78 is 30.3. The van der Waals surface area contributed by atoms with E-state index < -0.39 is 41.9 Å². The third-order valence-corrected chi connectivity index (χ3v) is 6.16. The summed E-state index contributed by atoms with van der Waals surface area (Å²) in [6.45, 7) is 0.572. The van der Waals surface area contributed by atoms with Crippen LogP contribution in [0.25, 0.3) is 0 Å². The molecule has 2 heterocycles. The van der Waals surface area contributed by atoms with Gasteiger partial charge in [0.15, 0.2) is 12.4 Å². The molecule has 0 amide bonds. The summed E-state index contributed by atoms with van der Waals surface area (Å²) in [7, 11) is 0. The topological polar surface area (TPSA) is 89.3 Å². The van der Waals surface area contributed by atoms with Crippen molar-refractivity contribution in [3.8, 4) is 0 Å². The standard InChI is InChI=1S/C27H27NO7/c29-28(30)23-25(31-16-19-10-4-1-5-11-19)24-22(18-33-26(35-24)21-14-8-3-9-15-21)34-27(23)32-17-20-12-6-2-7-13-20/h1-15,22-27H,16-18H2/t22-,23-,24-,25+,26?,27-/m1/s1. The predicted molar refractivity (Wildman–Crippen MR) is 126 cm³/mol. The van der Waals surface area contributed by atoms with E-state index in [0.29, 0.717) is 0 Å². The van der Waals surface area contributed by atoms with Gasteiger partial charge in [0.2, 0.25) is 6.29 Å². The van der Waals surface area contributed by atoms with Crippen LogP contribution in [-0.2, 0) is 36.9 Å². The fourth-order valence-electron chi connectivity index (χ4n) is 4.41. The summed E-state index contributed by atoms with van der Waals surface area (Å²) in [5.41, 5.74) is 2.63. The van der Waals surface area contributed by atoms with Gasteiger partial charge in [0.25, 0.3) is 6.04 Å². The SMILES string of the molecule is O=[N+]([O-])[C@H]1[C@H](OCc2ccccc2)O[C@@H]2COC(c3ccccc3)O[C@H]2[C@H]1OCc1ccccc1. The van der Waals surface area contributed by atoms with E-state index in [1.165, 1.54) is 0 Å². The Morgan fingerprint density at radius 2 is 1.37 bits per heavy atom. The Balaban J connectivity index is 1.39. The van der Waals surface area contributed by atoms with E-state index in [-0.39, 0.29) is 19.8 Å². The Morgan fingerprint density at radius 1 is 0.800 bits per heavy atom. The summed E-state index contributed by atoms with van der Waals surface area (Å²) in [6.07, 6.45) is -3.97. The number of ether oxygens (including phenoxy) is 5. The number of hydrogen-bond donors (Lipinski definition) is 0. The van der Waals surface area contributed by atoms with Crippen molar-refractivity contribution in [1.82, 2.24) is 0 Å². The van der Waals surface area contributed by atoms with Crippen molar-refractivity contribution in [3.63, 3.8) is 0 Å². The lowest BCUT2D eigenvalue weighted by molar-refractivity contribution is -0.580. The van der Waals surface area contributed by atoms with E-state index in [0.717, 1.165) is 16.7 Å². The van der Waals surface area contributed by atoms with Crippen molar-refractivity contribution in [2.45, 2.75) is 50.1 Å². The van der Waals surface area contributed by atoms with E-state index in [1.807, 2.05) is 91.0 Å². The molecular weight excluding hydrogens is 450 g/mol. The van der Waals surface area contributed by atoms with Crippen LogP contribution in [-0.4, -0.2) is 42.2 Å². The van der Waals surface area contributed by atoms with Crippen LogP contribution in [0.5, 0.6) is 0 Å². The molecule has 8 heteroatoms. The third-order valence-electron chi connectivity index (χ3n) is 6.16. The van der Waals surface area contributed by atoms with Gasteiger partial charge in [-0.1, -0.05) is 91.0 Å². The lowest BCUT2D eigenvalue weighted by Gasteiger charge is -2.46. The van der Waals surface area contributed by atoms with Crippen LogP contribution >= 0.6 is 0 Å². The van der Waals surface area contributed by atoms with Crippen LogP contribution in [0.2, 0.25) is 0 Å². The lowest BCUT2D eigenvalue weighted by atomic mass is 9.95. The molecular formula is C27H27NO7. The molecule has 0 bridgehead atoms. The maximum Gasteiger partial charge on any atom is 0.291 e. The van der Waals surface area contributed by atoms with Crippen LogP contribution in [0.15, 0.2) is 91.0 Å². The maximum atomic E-state index is 12.3. The molecule has 0 aromatic heterocycles. The molecule has 0 radical (unpaired) electrons. The fraction of sp³-hybridized carbons (Fsp3) is 0.333. The highest BCUT2D eigenvalue weighted by atomic mass is 16.8. The molecule has 6 atom stereocenters. The maximum absolute atomic E-state index is 12.3. The van der Waals surface area contributed by atoms with Gasteiger partial charge in [-0.3, -0.25) is 10.1 Å². The van der Waals surface area contributed by atoms with Crippen LogP contribution in [0, 0.1) is 10.1 Å². The zero-order valence-electron chi connectivity index (χ0n) is 19.1. The molecule has 2 fully saturated rings. The molecule has 1 unspecified atom stereocenters. The van der Waals surface area contributed by atoms with Crippen molar-refractivity contribution in [2.24, 2.45) is 0 Å². The van der Waals surface area contributed by atoms with E-state index >= 15 is 0 Å². The smallest absolute Gasteiger partial charge is 0.291 e. The van der Waals surface area contributed by atoms with E-state index in [4.69, 9.17) is 23.7 Å². The van der Waals surface area contributed by atoms with Crippen molar-refractivity contribution < 1.29 is 28.6 Å². The Hall–Kier alpha value is -3.14. The second kappa shape index (κ2) is 11.1. The highest BCUT2D eigenvalue weighted by Gasteiger charge is 2.56. The first-order chi connectivity index (χ1) is 17.2. The molecule has 0 spiro atoms. The summed E-state index contributed by atoms with van der Waals surface area (Å²) >= 11 is 0. The van der Waals surface area contributed by atoms with Gasteiger partial charge in [-0.25, -0.2) is 0 Å². The molecule has 2 aliphatic rings. The Labute approximate surface area is 203 Å². The normalized spacial score (nSPS) is 28.2. The summed E-state index contributed by atoms with van der Waals surface area (Å²) in [5.74, 6) is 0. The molecule has 5 rings (SSSR count). The molecule has 3 aromatic carbocycles. The first kappa shape index (κ1) is 23.6. The van der Waals surface area contributed by atoms with Crippen LogP contribution in [0.4, 0.5) is 0 Å². The average molecular weight is 478 g/mol. The molecule has 0 saturated carbocycles. The predicted octanol–water partition coefficient (Wildman–Crippen LogP) is 4.27. The van der Waals surface area contributed by atoms with Gasteiger partial charge in [-0.15, -0.1) is 0 Å². The number of nitrogens with zero attached hydrogens (tertiary/aromatic N) is 1. The largest absolute Gasteiger partial charge is 0.363 e. The van der Waals surface area contributed by atoms with Gasteiger partial charge in [-0.2, -0.15) is 0 Å². The van der Waals surface area contributed by atoms with Gasteiger partial charge in [0, 0.05) is 10.5 Å². The Bertz CT molecular complexity index is 1080. The minimum atomic E-state index is -1.28. The molecule has 0 N–H and O–H groups in total. The molecule has 8 nitrogen and oxygen atoms in total. The minimum Gasteiger partial charge on any atom is -0.363 e. The van der Waals surface area contributed by atoms with Gasteiger partial charge in [-0.05, 0) is 11.1 Å². The van der Waals surface area contributed by atoms with Crippen molar-refractivity contribution in [1.29, 1.82) is 0 Å². The van der Waals surface area contributed by atoms with Crippen LogP contribution in [0.1, 0.15) is 23.0 Å². The van der Waals surface area contributed by atoms with Gasteiger partial charge >= 0.3 is 0 Å². The molecule has 182 valence electrons. The number of fused-ring (bicyclic) bond motifs is 1. The number of benzene rings is 3. The highest BCUT2D eigenvalue weighted by Crippen LogP contribution is 2.37. The third kappa shape index (κ3) is 5.58. The van der Waals surface area contributed by atoms with Crippen LogP contribution < -0.4 is 0 Å². The molecule has 2 saturated heterocycles. The highest BCUT2D eigenvalue weighted by molar-refractivity contribution is 5.17. The van der Waals surface area contributed by atoms with Gasteiger partial charge < -0.3 is 23.7 Å². The zero-order chi connectivity index (χ0) is 24.0. The Morgan fingerprint density at radius 3 is 1.97 bits per heavy atom. The lowest BCUT2D eigenvalue weighted by Crippen LogP contribution is -2.65. The van der Waals surface area contributed by atoms with Crippen LogP contribution in [0.3, 0.4) is 0 Å². The van der Waals surface area contributed by atoms with Crippen molar-refractivity contribution in [3.05, 3.63) is 118 Å². The monoisotopic (exact) mass is 477 g/mol. The Kier molecular flexibility index (Phi) is 7.46. The van der Waals surface area contributed by atoms with Crippen molar-refractivity contribution >= 4 is 0 Å².